The second-order valence-electron chi connectivity index (χ2n) is 3.32. The molecule has 3 heteroatoms. The molecule has 0 aliphatic heterocycles. The normalized spacial score (nSPS) is 12.1. The van der Waals surface area contributed by atoms with E-state index in [9.17, 15) is 0 Å². The van der Waals surface area contributed by atoms with E-state index >= 15 is 0 Å². The average Bonchev–Trinajstić information content (AvgIpc) is 2.72. The van der Waals surface area contributed by atoms with Gasteiger partial charge in [-0.15, -0.1) is 23.7 Å². The molecule has 1 aromatic rings. The first-order valence-corrected chi connectivity index (χ1v) is 5.91. The fraction of sp³-hybridized carbons (Fsp3) is 0.500. The van der Waals surface area contributed by atoms with Crippen molar-refractivity contribution in [2.75, 3.05) is 7.11 Å². The van der Waals surface area contributed by atoms with Gasteiger partial charge < -0.3 is 10.1 Å². The molecule has 0 spiro atoms. The summed E-state index contributed by atoms with van der Waals surface area (Å²) in [5, 5.41) is 4.39. The van der Waals surface area contributed by atoms with Crippen LogP contribution in [0.5, 0.6) is 5.06 Å². The Balaban J connectivity index is 2.38. The third-order valence-electron chi connectivity index (χ3n) is 2.26. The Morgan fingerprint density at radius 1 is 1.60 bits per heavy atom. The van der Waals surface area contributed by atoms with Crippen molar-refractivity contribution in [2.24, 2.45) is 0 Å². The van der Waals surface area contributed by atoms with Gasteiger partial charge in [0.15, 0.2) is 5.06 Å². The molecule has 1 heterocycles. The first kappa shape index (κ1) is 12.1. The van der Waals surface area contributed by atoms with Crippen molar-refractivity contribution in [1.82, 2.24) is 5.32 Å². The molecule has 0 amide bonds. The van der Waals surface area contributed by atoms with Gasteiger partial charge in [0, 0.05) is 23.9 Å². The number of hydrogen-bond acceptors (Lipinski definition) is 3. The number of hydrogen-bond donors (Lipinski definition) is 1. The minimum Gasteiger partial charge on any atom is -0.487 e. The lowest BCUT2D eigenvalue weighted by Crippen LogP contribution is -2.26. The highest BCUT2D eigenvalue weighted by Crippen LogP contribution is 2.23. The van der Waals surface area contributed by atoms with Gasteiger partial charge in [0.2, 0.25) is 0 Å². The fourth-order valence-corrected chi connectivity index (χ4v) is 2.08. The van der Waals surface area contributed by atoms with Gasteiger partial charge in [0.05, 0.1) is 7.11 Å². The summed E-state index contributed by atoms with van der Waals surface area (Å²) in [6.07, 6.45) is 7.15. The molecule has 0 bridgehead atoms. The topological polar surface area (TPSA) is 21.3 Å². The maximum Gasteiger partial charge on any atom is 0.173 e. The zero-order valence-electron chi connectivity index (χ0n) is 9.25. The highest BCUT2D eigenvalue weighted by molar-refractivity contribution is 7.13. The van der Waals surface area contributed by atoms with Crippen LogP contribution in [0.15, 0.2) is 12.1 Å². The minimum absolute atomic E-state index is 0.420. The molecular weight excluding hydrogens is 206 g/mol. The van der Waals surface area contributed by atoms with E-state index in [1.54, 1.807) is 18.4 Å². The number of rotatable bonds is 6. The van der Waals surface area contributed by atoms with Crippen molar-refractivity contribution in [3.05, 3.63) is 17.0 Å². The molecule has 15 heavy (non-hydrogen) atoms. The molecule has 0 saturated heterocycles. The smallest absolute Gasteiger partial charge is 0.173 e. The number of thiophene rings is 1. The summed E-state index contributed by atoms with van der Waals surface area (Å²) < 4.78 is 5.13. The Morgan fingerprint density at radius 2 is 2.40 bits per heavy atom. The molecule has 0 aliphatic rings. The van der Waals surface area contributed by atoms with Crippen LogP contribution in [0.3, 0.4) is 0 Å². The first-order chi connectivity index (χ1) is 7.30. The minimum atomic E-state index is 0.420. The van der Waals surface area contributed by atoms with Crippen LogP contribution in [0.2, 0.25) is 0 Å². The Labute approximate surface area is 95.7 Å². The van der Waals surface area contributed by atoms with E-state index in [4.69, 9.17) is 11.2 Å². The number of ether oxygens (including phenoxy) is 1. The summed E-state index contributed by atoms with van der Waals surface area (Å²) in [5.74, 6) is 2.69. The maximum atomic E-state index is 5.29. The molecule has 82 valence electrons. The van der Waals surface area contributed by atoms with E-state index in [-0.39, 0.29) is 0 Å². The zero-order chi connectivity index (χ0) is 11.1. The van der Waals surface area contributed by atoms with Crippen LogP contribution >= 0.6 is 11.3 Å². The van der Waals surface area contributed by atoms with Gasteiger partial charge in [-0.1, -0.05) is 6.92 Å². The van der Waals surface area contributed by atoms with E-state index in [1.807, 2.05) is 6.07 Å². The molecule has 0 aliphatic carbocycles. The lowest BCUT2D eigenvalue weighted by Gasteiger charge is -2.12. The predicted molar refractivity (Wildman–Crippen MR) is 65.2 cm³/mol. The first-order valence-electron chi connectivity index (χ1n) is 5.09. The average molecular weight is 223 g/mol. The zero-order valence-corrected chi connectivity index (χ0v) is 10.1. The highest BCUT2D eigenvalue weighted by atomic mass is 32.1. The van der Waals surface area contributed by atoms with Crippen LogP contribution in [-0.4, -0.2) is 13.2 Å². The second kappa shape index (κ2) is 6.49. The summed E-state index contributed by atoms with van der Waals surface area (Å²) in [6, 6.07) is 4.49. The molecule has 0 aromatic carbocycles. The van der Waals surface area contributed by atoms with E-state index in [1.165, 1.54) is 4.88 Å². The quantitative estimate of drug-likeness (QED) is 0.749. The van der Waals surface area contributed by atoms with Crippen LogP contribution in [0.4, 0.5) is 0 Å². The van der Waals surface area contributed by atoms with Crippen molar-refractivity contribution in [1.29, 1.82) is 0 Å². The summed E-state index contributed by atoms with van der Waals surface area (Å²) in [5.41, 5.74) is 0. The van der Waals surface area contributed by atoms with Crippen molar-refractivity contribution in [2.45, 2.75) is 32.4 Å². The molecule has 1 rings (SSSR count). The van der Waals surface area contributed by atoms with Gasteiger partial charge in [0.1, 0.15) is 0 Å². The third kappa shape index (κ3) is 3.94. The highest BCUT2D eigenvalue weighted by Gasteiger charge is 2.05. The molecule has 1 aromatic heterocycles. The lowest BCUT2D eigenvalue weighted by atomic mass is 10.1. The maximum absolute atomic E-state index is 5.29. The van der Waals surface area contributed by atoms with Gasteiger partial charge in [0.25, 0.3) is 0 Å². The predicted octanol–water partition coefficient (Wildman–Crippen LogP) is 2.65. The van der Waals surface area contributed by atoms with Gasteiger partial charge in [-0.25, -0.2) is 0 Å². The molecular formula is C12H17NOS. The van der Waals surface area contributed by atoms with Gasteiger partial charge in [-0.05, 0) is 18.6 Å². The number of terminal acetylenes is 1. The number of nitrogens with one attached hydrogen (secondary N) is 1. The van der Waals surface area contributed by atoms with E-state index in [0.717, 1.165) is 24.4 Å². The lowest BCUT2D eigenvalue weighted by molar-refractivity contribution is 0.427. The summed E-state index contributed by atoms with van der Waals surface area (Å²) in [6.45, 7) is 3.01. The molecule has 0 fully saturated rings. The Kier molecular flexibility index (Phi) is 5.23. The standard InChI is InChI=1S/C12H17NOS/c1-4-6-10(5-2)13-9-11-7-8-12(14-3)15-11/h1,7-8,10,13H,5-6,9H2,2-3H3. The monoisotopic (exact) mass is 223 g/mol. The van der Waals surface area contributed by atoms with E-state index in [2.05, 4.69) is 24.2 Å². The van der Waals surface area contributed by atoms with Crippen LogP contribution in [0.1, 0.15) is 24.6 Å². The van der Waals surface area contributed by atoms with Crippen LogP contribution in [0, 0.1) is 12.3 Å². The van der Waals surface area contributed by atoms with Gasteiger partial charge in [-0.2, -0.15) is 0 Å². The van der Waals surface area contributed by atoms with Crippen LogP contribution < -0.4 is 10.1 Å². The number of methoxy groups -OCH3 is 1. The molecule has 0 saturated carbocycles. The van der Waals surface area contributed by atoms with Crippen molar-refractivity contribution in [3.8, 4) is 17.4 Å². The van der Waals surface area contributed by atoms with Crippen molar-refractivity contribution in [3.63, 3.8) is 0 Å². The molecule has 1 atom stereocenters. The Bertz CT molecular complexity index is 327. The molecule has 1 N–H and O–H groups in total. The molecule has 0 radical (unpaired) electrons. The van der Waals surface area contributed by atoms with Gasteiger partial charge in [-0.3, -0.25) is 0 Å². The summed E-state index contributed by atoms with van der Waals surface area (Å²) in [4.78, 5) is 1.28. The summed E-state index contributed by atoms with van der Waals surface area (Å²) in [7, 11) is 1.69. The SMILES string of the molecule is C#CCC(CC)NCc1ccc(OC)s1. The van der Waals surface area contributed by atoms with Crippen LogP contribution in [-0.2, 0) is 6.54 Å². The van der Waals surface area contributed by atoms with Crippen molar-refractivity contribution >= 4 is 11.3 Å². The van der Waals surface area contributed by atoms with E-state index < -0.39 is 0 Å². The second-order valence-corrected chi connectivity index (χ2v) is 4.45. The largest absolute Gasteiger partial charge is 0.487 e. The fourth-order valence-electron chi connectivity index (χ4n) is 1.31. The Hall–Kier alpha value is -0.980. The van der Waals surface area contributed by atoms with Crippen molar-refractivity contribution < 1.29 is 4.74 Å². The Morgan fingerprint density at radius 3 is 2.93 bits per heavy atom. The van der Waals surface area contributed by atoms with Gasteiger partial charge >= 0.3 is 0 Å². The third-order valence-corrected chi connectivity index (χ3v) is 3.31. The molecule has 1 unspecified atom stereocenters. The molecule has 2 nitrogen and oxygen atoms in total. The summed E-state index contributed by atoms with van der Waals surface area (Å²) >= 11 is 1.67. The van der Waals surface area contributed by atoms with E-state index in [0.29, 0.717) is 6.04 Å². The van der Waals surface area contributed by atoms with Crippen LogP contribution in [0.25, 0.3) is 0 Å².